The standard InChI is InChI=1S/C15H15ClO/c1-15(17,13-5-3-2-4-6-13)11-12-7-9-14(16)10-8-12/h2-10,17H,11H2,1H3. The van der Waals surface area contributed by atoms with Crippen LogP contribution in [0.4, 0.5) is 0 Å². The van der Waals surface area contributed by atoms with Crippen molar-refractivity contribution < 1.29 is 5.11 Å². The Labute approximate surface area is 107 Å². The number of halogens is 1. The highest BCUT2D eigenvalue weighted by molar-refractivity contribution is 6.30. The van der Waals surface area contributed by atoms with Crippen LogP contribution in [0, 0.1) is 0 Å². The quantitative estimate of drug-likeness (QED) is 0.874. The summed E-state index contributed by atoms with van der Waals surface area (Å²) in [4.78, 5) is 0. The van der Waals surface area contributed by atoms with Gasteiger partial charge in [-0.1, -0.05) is 54.1 Å². The normalized spacial score (nSPS) is 14.3. The van der Waals surface area contributed by atoms with E-state index in [1.165, 1.54) is 0 Å². The Morgan fingerprint density at radius 1 is 1.00 bits per heavy atom. The summed E-state index contributed by atoms with van der Waals surface area (Å²) < 4.78 is 0. The summed E-state index contributed by atoms with van der Waals surface area (Å²) in [5.74, 6) is 0. The van der Waals surface area contributed by atoms with Gasteiger partial charge in [0.15, 0.2) is 0 Å². The highest BCUT2D eigenvalue weighted by atomic mass is 35.5. The monoisotopic (exact) mass is 246 g/mol. The third kappa shape index (κ3) is 3.09. The van der Waals surface area contributed by atoms with Crippen molar-refractivity contribution in [1.29, 1.82) is 0 Å². The van der Waals surface area contributed by atoms with Crippen LogP contribution in [-0.2, 0) is 12.0 Å². The lowest BCUT2D eigenvalue weighted by atomic mass is 9.89. The van der Waals surface area contributed by atoms with E-state index in [2.05, 4.69) is 0 Å². The van der Waals surface area contributed by atoms with Gasteiger partial charge in [-0.15, -0.1) is 0 Å². The van der Waals surface area contributed by atoms with Crippen LogP contribution in [0.15, 0.2) is 54.6 Å². The van der Waals surface area contributed by atoms with Crippen molar-refractivity contribution in [1.82, 2.24) is 0 Å². The van der Waals surface area contributed by atoms with Crippen molar-refractivity contribution in [2.75, 3.05) is 0 Å². The van der Waals surface area contributed by atoms with Gasteiger partial charge in [-0.25, -0.2) is 0 Å². The van der Waals surface area contributed by atoms with Crippen molar-refractivity contribution in [2.45, 2.75) is 18.9 Å². The van der Waals surface area contributed by atoms with Gasteiger partial charge < -0.3 is 5.11 Å². The van der Waals surface area contributed by atoms with Crippen molar-refractivity contribution in [3.05, 3.63) is 70.7 Å². The van der Waals surface area contributed by atoms with Crippen LogP contribution in [0.25, 0.3) is 0 Å². The third-order valence-electron chi connectivity index (χ3n) is 2.86. The molecule has 2 aromatic carbocycles. The summed E-state index contributed by atoms with van der Waals surface area (Å²) in [6, 6.07) is 17.3. The summed E-state index contributed by atoms with van der Waals surface area (Å²) >= 11 is 5.84. The largest absolute Gasteiger partial charge is 0.385 e. The zero-order valence-corrected chi connectivity index (χ0v) is 10.5. The molecule has 1 nitrogen and oxygen atoms in total. The second-order valence-electron chi connectivity index (χ2n) is 4.44. The molecular weight excluding hydrogens is 232 g/mol. The summed E-state index contributed by atoms with van der Waals surface area (Å²) in [5.41, 5.74) is 1.15. The molecule has 0 aliphatic rings. The molecule has 2 heteroatoms. The SMILES string of the molecule is CC(O)(Cc1ccc(Cl)cc1)c1ccccc1. The molecule has 0 aliphatic heterocycles. The van der Waals surface area contributed by atoms with Gasteiger partial charge in [-0.3, -0.25) is 0 Å². The van der Waals surface area contributed by atoms with E-state index in [1.807, 2.05) is 61.5 Å². The van der Waals surface area contributed by atoms with E-state index < -0.39 is 5.60 Å². The van der Waals surface area contributed by atoms with E-state index >= 15 is 0 Å². The number of benzene rings is 2. The average molecular weight is 247 g/mol. The average Bonchev–Trinajstić information content (AvgIpc) is 2.33. The Hall–Kier alpha value is -1.31. The van der Waals surface area contributed by atoms with Gasteiger partial charge in [0.25, 0.3) is 0 Å². The molecule has 0 radical (unpaired) electrons. The van der Waals surface area contributed by atoms with Crippen LogP contribution in [0.2, 0.25) is 5.02 Å². The van der Waals surface area contributed by atoms with Crippen LogP contribution in [-0.4, -0.2) is 5.11 Å². The summed E-state index contributed by atoms with van der Waals surface area (Å²) in [6.07, 6.45) is 0.578. The smallest absolute Gasteiger partial charge is 0.0908 e. The summed E-state index contributed by atoms with van der Waals surface area (Å²) in [6.45, 7) is 1.83. The highest BCUT2D eigenvalue weighted by Gasteiger charge is 2.22. The summed E-state index contributed by atoms with van der Waals surface area (Å²) in [7, 11) is 0. The molecule has 2 rings (SSSR count). The van der Waals surface area contributed by atoms with Gasteiger partial charge in [-0.05, 0) is 30.2 Å². The highest BCUT2D eigenvalue weighted by Crippen LogP contribution is 2.25. The molecule has 0 aromatic heterocycles. The molecule has 0 fully saturated rings. The molecular formula is C15H15ClO. The van der Waals surface area contributed by atoms with Crippen molar-refractivity contribution >= 4 is 11.6 Å². The van der Waals surface area contributed by atoms with Crippen LogP contribution in [0.3, 0.4) is 0 Å². The fraction of sp³-hybridized carbons (Fsp3) is 0.200. The van der Waals surface area contributed by atoms with E-state index in [9.17, 15) is 5.11 Å². The second-order valence-corrected chi connectivity index (χ2v) is 4.88. The number of rotatable bonds is 3. The minimum Gasteiger partial charge on any atom is -0.385 e. The van der Waals surface area contributed by atoms with Gasteiger partial charge in [-0.2, -0.15) is 0 Å². The number of hydrogen-bond acceptors (Lipinski definition) is 1. The molecule has 0 aliphatic carbocycles. The molecule has 2 aromatic rings. The second kappa shape index (κ2) is 4.91. The van der Waals surface area contributed by atoms with Crippen LogP contribution in [0.1, 0.15) is 18.1 Å². The maximum absolute atomic E-state index is 10.5. The van der Waals surface area contributed by atoms with E-state index in [0.717, 1.165) is 11.1 Å². The van der Waals surface area contributed by atoms with Gasteiger partial charge in [0.2, 0.25) is 0 Å². The first-order valence-electron chi connectivity index (χ1n) is 5.60. The Bertz CT molecular complexity index is 474. The lowest BCUT2D eigenvalue weighted by Crippen LogP contribution is -2.24. The molecule has 0 saturated heterocycles. The fourth-order valence-corrected chi connectivity index (χ4v) is 2.02. The van der Waals surface area contributed by atoms with Crippen molar-refractivity contribution in [3.8, 4) is 0 Å². The Morgan fingerprint density at radius 2 is 1.59 bits per heavy atom. The minimum atomic E-state index is -0.852. The molecule has 88 valence electrons. The third-order valence-corrected chi connectivity index (χ3v) is 3.11. The van der Waals surface area contributed by atoms with E-state index in [-0.39, 0.29) is 0 Å². The minimum absolute atomic E-state index is 0.578. The van der Waals surface area contributed by atoms with Crippen molar-refractivity contribution in [2.24, 2.45) is 0 Å². The topological polar surface area (TPSA) is 20.2 Å². The van der Waals surface area contributed by atoms with Gasteiger partial charge >= 0.3 is 0 Å². The lowest BCUT2D eigenvalue weighted by molar-refractivity contribution is 0.0576. The van der Waals surface area contributed by atoms with E-state index in [4.69, 9.17) is 11.6 Å². The van der Waals surface area contributed by atoms with Crippen molar-refractivity contribution in [3.63, 3.8) is 0 Å². The molecule has 0 bridgehead atoms. The van der Waals surface area contributed by atoms with Crippen LogP contribution < -0.4 is 0 Å². The van der Waals surface area contributed by atoms with Gasteiger partial charge in [0, 0.05) is 11.4 Å². The van der Waals surface area contributed by atoms with E-state index in [1.54, 1.807) is 0 Å². The first-order chi connectivity index (χ1) is 8.08. The summed E-state index contributed by atoms with van der Waals surface area (Å²) in [5, 5.41) is 11.2. The molecule has 1 unspecified atom stereocenters. The predicted octanol–water partition coefficient (Wildman–Crippen LogP) is 3.79. The zero-order chi connectivity index (χ0) is 12.3. The Morgan fingerprint density at radius 3 is 2.18 bits per heavy atom. The number of aliphatic hydroxyl groups is 1. The van der Waals surface area contributed by atoms with Crippen LogP contribution >= 0.6 is 11.6 Å². The molecule has 1 N–H and O–H groups in total. The predicted molar refractivity (Wildman–Crippen MR) is 71.2 cm³/mol. The molecule has 0 amide bonds. The molecule has 17 heavy (non-hydrogen) atoms. The first kappa shape index (κ1) is 12.2. The maximum atomic E-state index is 10.5. The Balaban J connectivity index is 2.20. The van der Waals surface area contributed by atoms with Crippen LogP contribution in [0.5, 0.6) is 0 Å². The first-order valence-corrected chi connectivity index (χ1v) is 5.98. The molecule has 0 saturated carbocycles. The molecule has 0 heterocycles. The zero-order valence-electron chi connectivity index (χ0n) is 9.73. The lowest BCUT2D eigenvalue weighted by Gasteiger charge is -2.24. The fourth-order valence-electron chi connectivity index (χ4n) is 1.90. The maximum Gasteiger partial charge on any atom is 0.0908 e. The Kier molecular flexibility index (Phi) is 3.51. The molecule has 1 atom stereocenters. The van der Waals surface area contributed by atoms with Gasteiger partial charge in [0.1, 0.15) is 0 Å². The molecule has 0 spiro atoms. The number of hydrogen-bond donors (Lipinski definition) is 1. The van der Waals surface area contributed by atoms with E-state index in [0.29, 0.717) is 11.4 Å². The van der Waals surface area contributed by atoms with Gasteiger partial charge in [0.05, 0.1) is 5.60 Å².